The molecule has 0 atom stereocenters. The summed E-state index contributed by atoms with van der Waals surface area (Å²) in [7, 11) is 0. The van der Waals surface area contributed by atoms with Crippen LogP contribution in [0.15, 0.2) is 41.7 Å². The fourth-order valence-corrected chi connectivity index (χ4v) is 1.59. The molecule has 0 bridgehead atoms. The Labute approximate surface area is 107 Å². The highest BCUT2D eigenvalue weighted by Gasteiger charge is 2.10. The molecular weight excluding hydrogens is 282 g/mol. The highest BCUT2D eigenvalue weighted by molar-refractivity contribution is 9.11. The summed E-state index contributed by atoms with van der Waals surface area (Å²) < 4.78 is 0.720. The molecule has 0 aliphatic rings. The molecule has 4 nitrogen and oxygen atoms in total. The van der Waals surface area contributed by atoms with Crippen molar-refractivity contribution in [3.8, 4) is 0 Å². The van der Waals surface area contributed by atoms with E-state index in [0.717, 1.165) is 4.48 Å². The van der Waals surface area contributed by atoms with Gasteiger partial charge in [0.05, 0.1) is 11.1 Å². The summed E-state index contributed by atoms with van der Waals surface area (Å²) in [6, 6.07) is 5.33. The Balaban J connectivity index is 2.35. The summed E-state index contributed by atoms with van der Waals surface area (Å²) in [6.07, 6.45) is 3.17. The van der Waals surface area contributed by atoms with E-state index in [-0.39, 0.29) is 5.91 Å². The van der Waals surface area contributed by atoms with E-state index >= 15 is 0 Å². The van der Waals surface area contributed by atoms with Crippen LogP contribution in [-0.2, 0) is 0 Å². The van der Waals surface area contributed by atoms with Crippen molar-refractivity contribution in [3.05, 3.63) is 47.2 Å². The molecule has 1 aromatic heterocycles. The molecule has 0 fully saturated rings. The highest BCUT2D eigenvalue weighted by atomic mass is 79.9. The quantitative estimate of drug-likeness (QED) is 0.944. The van der Waals surface area contributed by atoms with Crippen LogP contribution in [0.3, 0.4) is 0 Å². The van der Waals surface area contributed by atoms with Crippen molar-refractivity contribution in [2.24, 2.45) is 0 Å². The maximum Gasteiger partial charge on any atom is 0.253 e. The Morgan fingerprint density at radius 1 is 1.35 bits per heavy atom. The van der Waals surface area contributed by atoms with E-state index in [1.54, 1.807) is 24.5 Å². The fraction of sp³-hybridized carbons (Fsp3) is 0.0833. The lowest BCUT2D eigenvalue weighted by molar-refractivity contribution is 0.0959. The third-order valence-corrected chi connectivity index (χ3v) is 2.46. The summed E-state index contributed by atoms with van der Waals surface area (Å²) in [5, 5.41) is 2.74. The highest BCUT2D eigenvalue weighted by Crippen LogP contribution is 2.13. The lowest BCUT2D eigenvalue weighted by Crippen LogP contribution is -2.24. The normalized spacial score (nSPS) is 10.2. The van der Waals surface area contributed by atoms with Crippen LogP contribution in [0.5, 0.6) is 0 Å². The van der Waals surface area contributed by atoms with Crippen LogP contribution >= 0.6 is 15.9 Å². The van der Waals surface area contributed by atoms with Gasteiger partial charge in [-0.1, -0.05) is 28.6 Å². The van der Waals surface area contributed by atoms with Gasteiger partial charge in [-0.3, -0.25) is 14.8 Å². The number of para-hydroxylation sites is 1. The molecular formula is C12H10BrN3O. The first kappa shape index (κ1) is 11.7. The van der Waals surface area contributed by atoms with Gasteiger partial charge in [0.2, 0.25) is 0 Å². The average Bonchev–Trinajstić information content (AvgIpc) is 2.35. The molecule has 0 radical (unpaired) electrons. The molecule has 1 N–H and O–H groups in total. The molecule has 1 heterocycles. The molecule has 0 aliphatic carbocycles. The minimum Gasteiger partial charge on any atom is -0.347 e. The van der Waals surface area contributed by atoms with E-state index in [0.29, 0.717) is 23.1 Å². The van der Waals surface area contributed by atoms with Crippen molar-refractivity contribution in [3.63, 3.8) is 0 Å². The first-order valence-electron chi connectivity index (χ1n) is 4.99. The number of nitrogens with one attached hydrogen (secondary N) is 1. The van der Waals surface area contributed by atoms with Crippen LogP contribution in [0.1, 0.15) is 10.4 Å². The van der Waals surface area contributed by atoms with Gasteiger partial charge in [0.25, 0.3) is 5.91 Å². The Bertz CT molecular complexity index is 577. The zero-order chi connectivity index (χ0) is 12.3. The monoisotopic (exact) mass is 291 g/mol. The van der Waals surface area contributed by atoms with Gasteiger partial charge in [-0.2, -0.15) is 0 Å². The second kappa shape index (κ2) is 5.05. The first-order chi connectivity index (χ1) is 8.18. The Morgan fingerprint density at radius 2 is 2.12 bits per heavy atom. The fourth-order valence-electron chi connectivity index (χ4n) is 1.45. The van der Waals surface area contributed by atoms with E-state index in [1.165, 1.54) is 0 Å². The number of amides is 1. The molecule has 86 valence electrons. The van der Waals surface area contributed by atoms with Crippen molar-refractivity contribution in [1.82, 2.24) is 15.3 Å². The molecule has 0 spiro atoms. The van der Waals surface area contributed by atoms with Crippen LogP contribution in [-0.4, -0.2) is 22.4 Å². The minimum atomic E-state index is -0.184. The predicted octanol–water partition coefficient (Wildman–Crippen LogP) is 2.27. The Kier molecular flexibility index (Phi) is 3.49. The molecule has 0 saturated carbocycles. The van der Waals surface area contributed by atoms with Crippen LogP contribution in [0, 0.1) is 0 Å². The Morgan fingerprint density at radius 3 is 2.88 bits per heavy atom. The summed E-state index contributed by atoms with van der Waals surface area (Å²) >= 11 is 3.19. The second-order valence-electron chi connectivity index (χ2n) is 3.43. The number of halogens is 1. The van der Waals surface area contributed by atoms with Gasteiger partial charge >= 0.3 is 0 Å². The molecule has 0 aliphatic heterocycles. The Hall–Kier alpha value is -1.75. The lowest BCUT2D eigenvalue weighted by atomic mass is 10.1. The summed E-state index contributed by atoms with van der Waals surface area (Å²) in [6.45, 7) is 4.04. The smallest absolute Gasteiger partial charge is 0.253 e. The lowest BCUT2D eigenvalue weighted by Gasteiger charge is -2.05. The average molecular weight is 292 g/mol. The maximum atomic E-state index is 11.9. The first-order valence-corrected chi connectivity index (χ1v) is 5.79. The molecule has 2 aromatic rings. The number of hydrogen-bond donors (Lipinski definition) is 1. The summed E-state index contributed by atoms with van der Waals surface area (Å²) in [5.74, 6) is -0.184. The zero-order valence-electron chi connectivity index (χ0n) is 8.98. The van der Waals surface area contributed by atoms with Crippen molar-refractivity contribution < 1.29 is 4.79 Å². The number of benzene rings is 1. The molecule has 2 rings (SSSR count). The topological polar surface area (TPSA) is 54.9 Å². The molecule has 1 amide bonds. The van der Waals surface area contributed by atoms with E-state index in [1.807, 2.05) is 6.07 Å². The predicted molar refractivity (Wildman–Crippen MR) is 69.9 cm³/mol. The van der Waals surface area contributed by atoms with Crippen molar-refractivity contribution in [1.29, 1.82) is 0 Å². The van der Waals surface area contributed by atoms with Gasteiger partial charge in [-0.15, -0.1) is 0 Å². The zero-order valence-corrected chi connectivity index (χ0v) is 10.6. The van der Waals surface area contributed by atoms with E-state index in [4.69, 9.17) is 0 Å². The number of carbonyl (C=O) groups excluding carboxylic acids is 1. The van der Waals surface area contributed by atoms with Gasteiger partial charge in [-0.05, 0) is 12.1 Å². The minimum absolute atomic E-state index is 0.184. The largest absolute Gasteiger partial charge is 0.347 e. The van der Waals surface area contributed by atoms with Crippen LogP contribution in [0.4, 0.5) is 0 Å². The maximum absolute atomic E-state index is 11.9. The van der Waals surface area contributed by atoms with Crippen molar-refractivity contribution in [2.45, 2.75) is 0 Å². The molecule has 0 unspecified atom stereocenters. The molecule has 5 heteroatoms. The standard InChI is InChI=1S/C12H10BrN3O/c1-8(13)7-16-12(17)9-3-2-4-10-11(9)15-6-5-14-10/h2-6H,1,7H2,(H,16,17). The van der Waals surface area contributed by atoms with Gasteiger partial charge in [0, 0.05) is 23.4 Å². The van der Waals surface area contributed by atoms with Crippen LogP contribution in [0.25, 0.3) is 11.0 Å². The van der Waals surface area contributed by atoms with E-state index < -0.39 is 0 Å². The van der Waals surface area contributed by atoms with Crippen LogP contribution < -0.4 is 5.32 Å². The van der Waals surface area contributed by atoms with Crippen LogP contribution in [0.2, 0.25) is 0 Å². The van der Waals surface area contributed by atoms with E-state index in [9.17, 15) is 4.79 Å². The van der Waals surface area contributed by atoms with Crippen molar-refractivity contribution in [2.75, 3.05) is 6.54 Å². The van der Waals surface area contributed by atoms with Gasteiger partial charge < -0.3 is 5.32 Å². The van der Waals surface area contributed by atoms with Crippen molar-refractivity contribution >= 4 is 32.9 Å². The number of hydrogen-bond acceptors (Lipinski definition) is 3. The van der Waals surface area contributed by atoms with Gasteiger partial charge in [0.1, 0.15) is 5.52 Å². The number of carbonyl (C=O) groups is 1. The van der Waals surface area contributed by atoms with Gasteiger partial charge in [-0.25, -0.2) is 0 Å². The number of rotatable bonds is 3. The third-order valence-electron chi connectivity index (χ3n) is 2.18. The molecule has 1 aromatic carbocycles. The van der Waals surface area contributed by atoms with Gasteiger partial charge in [0.15, 0.2) is 0 Å². The summed E-state index contributed by atoms with van der Waals surface area (Å²) in [4.78, 5) is 20.2. The number of aromatic nitrogens is 2. The third kappa shape index (κ3) is 2.68. The SMILES string of the molecule is C=C(Br)CNC(=O)c1cccc2nccnc12. The molecule has 17 heavy (non-hydrogen) atoms. The number of nitrogens with zero attached hydrogens (tertiary/aromatic N) is 2. The number of fused-ring (bicyclic) bond motifs is 1. The second-order valence-corrected chi connectivity index (χ2v) is 4.55. The summed E-state index contributed by atoms with van der Waals surface area (Å²) in [5.41, 5.74) is 1.83. The van der Waals surface area contributed by atoms with E-state index in [2.05, 4.69) is 37.8 Å². The molecule has 0 saturated heterocycles.